The molecule has 1 aromatic heterocycles. The Bertz CT molecular complexity index is 1270. The molecule has 6 nitrogen and oxygen atoms in total. The predicted octanol–water partition coefficient (Wildman–Crippen LogP) is 4.71. The average molecular weight is 499 g/mol. The second-order valence-corrected chi connectivity index (χ2v) is 11.7. The largest absolute Gasteiger partial charge is 0.488 e. The minimum absolute atomic E-state index is 0.0636. The third-order valence-corrected chi connectivity index (χ3v) is 8.92. The highest BCUT2D eigenvalue weighted by molar-refractivity contribution is 7.89. The summed E-state index contributed by atoms with van der Waals surface area (Å²) in [6.45, 7) is 9.78. The number of rotatable bonds is 6. The van der Waals surface area contributed by atoms with Crippen molar-refractivity contribution >= 4 is 27.3 Å². The van der Waals surface area contributed by atoms with E-state index in [4.69, 9.17) is 4.74 Å². The molecule has 0 aliphatic carbocycles. The average Bonchev–Trinajstić information content (AvgIpc) is 3.27. The summed E-state index contributed by atoms with van der Waals surface area (Å²) in [5.41, 5.74) is 5.37. The Morgan fingerprint density at radius 3 is 2.15 bits per heavy atom. The van der Waals surface area contributed by atoms with Crippen molar-refractivity contribution in [3.8, 4) is 5.75 Å². The summed E-state index contributed by atoms with van der Waals surface area (Å²) in [5.74, 6) is 0.821. The van der Waals surface area contributed by atoms with E-state index in [0.29, 0.717) is 29.5 Å². The van der Waals surface area contributed by atoms with Gasteiger partial charge < -0.3 is 9.64 Å². The molecule has 0 unspecified atom stereocenters. The van der Waals surface area contributed by atoms with E-state index in [1.54, 1.807) is 29.2 Å². The maximum atomic E-state index is 13.0. The Kier molecular flexibility index (Phi) is 7.12. The van der Waals surface area contributed by atoms with Crippen molar-refractivity contribution in [1.82, 2.24) is 9.21 Å². The molecule has 0 N–H and O–H groups in total. The highest BCUT2D eigenvalue weighted by Crippen LogP contribution is 2.27. The van der Waals surface area contributed by atoms with Gasteiger partial charge in [0.25, 0.3) is 5.91 Å². The van der Waals surface area contributed by atoms with Crippen molar-refractivity contribution in [3.05, 3.63) is 80.5 Å². The molecule has 8 heteroatoms. The third kappa shape index (κ3) is 5.19. The van der Waals surface area contributed by atoms with Crippen LogP contribution in [0.2, 0.25) is 0 Å². The van der Waals surface area contributed by atoms with Crippen LogP contribution in [0.25, 0.3) is 0 Å². The van der Waals surface area contributed by atoms with E-state index in [1.807, 2.05) is 32.2 Å². The smallest absolute Gasteiger partial charge is 0.264 e. The predicted molar refractivity (Wildman–Crippen MR) is 135 cm³/mol. The summed E-state index contributed by atoms with van der Waals surface area (Å²) in [5, 5.41) is 1.95. The van der Waals surface area contributed by atoms with E-state index in [-0.39, 0.29) is 19.0 Å². The number of hydrogen-bond donors (Lipinski definition) is 0. The summed E-state index contributed by atoms with van der Waals surface area (Å²) >= 11 is 1.40. The third-order valence-electron chi connectivity index (χ3n) is 6.04. The zero-order valence-corrected chi connectivity index (χ0v) is 21.6. The van der Waals surface area contributed by atoms with Gasteiger partial charge in [-0.1, -0.05) is 35.4 Å². The molecule has 34 heavy (non-hydrogen) atoms. The molecule has 3 aromatic rings. The zero-order chi connectivity index (χ0) is 24.5. The van der Waals surface area contributed by atoms with Crippen LogP contribution in [0, 0.1) is 27.7 Å². The number of sulfonamides is 1. The fourth-order valence-corrected chi connectivity index (χ4v) is 6.55. The van der Waals surface area contributed by atoms with Gasteiger partial charge in [-0.15, -0.1) is 11.3 Å². The molecular weight excluding hydrogens is 468 g/mol. The van der Waals surface area contributed by atoms with Crippen LogP contribution in [0.15, 0.2) is 52.7 Å². The molecular formula is C26H30N2O4S2. The number of aryl methyl sites for hydroxylation is 4. The van der Waals surface area contributed by atoms with Crippen LogP contribution in [0.5, 0.6) is 5.75 Å². The van der Waals surface area contributed by atoms with Crippen LogP contribution in [-0.2, 0) is 16.6 Å². The minimum atomic E-state index is -3.55. The van der Waals surface area contributed by atoms with Gasteiger partial charge in [0, 0.05) is 31.7 Å². The van der Waals surface area contributed by atoms with Gasteiger partial charge in [0.2, 0.25) is 10.0 Å². The lowest BCUT2D eigenvalue weighted by atomic mass is 10.1. The molecule has 1 saturated heterocycles. The maximum absolute atomic E-state index is 13.0. The lowest BCUT2D eigenvalue weighted by Crippen LogP contribution is -2.50. The van der Waals surface area contributed by atoms with Gasteiger partial charge in [-0.2, -0.15) is 4.31 Å². The van der Waals surface area contributed by atoms with Crippen LogP contribution in [0.1, 0.15) is 37.5 Å². The van der Waals surface area contributed by atoms with E-state index < -0.39 is 10.0 Å². The van der Waals surface area contributed by atoms with E-state index in [9.17, 15) is 13.2 Å². The SMILES string of the molecule is Cc1ccc(S(=O)(=O)N2CCN(C(=O)c3cc(COc4c(C)cc(C)cc4C)cs3)CC2)cc1. The first-order valence-corrected chi connectivity index (χ1v) is 13.6. The lowest BCUT2D eigenvalue weighted by molar-refractivity contribution is 0.0702. The van der Waals surface area contributed by atoms with Crippen LogP contribution in [-0.4, -0.2) is 49.7 Å². The first-order chi connectivity index (χ1) is 16.1. The van der Waals surface area contributed by atoms with Gasteiger partial charge in [0.15, 0.2) is 0 Å². The quantitative estimate of drug-likeness (QED) is 0.494. The van der Waals surface area contributed by atoms with E-state index in [2.05, 4.69) is 19.1 Å². The second kappa shape index (κ2) is 9.90. The van der Waals surface area contributed by atoms with Crippen LogP contribution >= 0.6 is 11.3 Å². The topological polar surface area (TPSA) is 66.9 Å². The standard InChI is InChI=1S/C26H30N2O4S2/c1-18-5-7-23(8-6-18)34(30,31)28-11-9-27(10-12-28)26(29)24-15-22(17-33-24)16-32-25-20(3)13-19(2)14-21(25)4/h5-8,13-15,17H,9-12,16H2,1-4H3. The van der Waals surface area contributed by atoms with Gasteiger partial charge in [-0.3, -0.25) is 4.79 Å². The Balaban J connectivity index is 1.36. The van der Waals surface area contributed by atoms with Crippen molar-refractivity contribution < 1.29 is 17.9 Å². The Morgan fingerprint density at radius 1 is 0.912 bits per heavy atom. The summed E-state index contributed by atoms with van der Waals surface area (Å²) in [7, 11) is -3.55. The molecule has 0 bridgehead atoms. The van der Waals surface area contributed by atoms with Crippen molar-refractivity contribution in [2.45, 2.75) is 39.2 Å². The van der Waals surface area contributed by atoms with Crippen LogP contribution in [0.3, 0.4) is 0 Å². The molecule has 1 aliphatic rings. The molecule has 1 amide bonds. The maximum Gasteiger partial charge on any atom is 0.264 e. The van der Waals surface area contributed by atoms with Gasteiger partial charge in [-0.25, -0.2) is 8.42 Å². The normalized spacial score (nSPS) is 14.9. The number of benzene rings is 2. The molecule has 0 radical (unpaired) electrons. The van der Waals surface area contributed by atoms with Crippen molar-refractivity contribution in [2.75, 3.05) is 26.2 Å². The van der Waals surface area contributed by atoms with Crippen LogP contribution < -0.4 is 4.74 Å². The highest BCUT2D eigenvalue weighted by atomic mass is 32.2. The number of ether oxygens (including phenoxy) is 1. The molecule has 1 aliphatic heterocycles. The molecule has 180 valence electrons. The number of carbonyl (C=O) groups is 1. The number of nitrogens with zero attached hydrogens (tertiary/aromatic N) is 2. The molecule has 0 spiro atoms. The summed E-state index contributed by atoms with van der Waals surface area (Å²) in [6, 6.07) is 12.9. The van der Waals surface area contributed by atoms with Gasteiger partial charge in [-0.05, 0) is 62.4 Å². The number of carbonyl (C=O) groups excluding carboxylic acids is 1. The molecule has 1 fully saturated rings. The second-order valence-electron chi connectivity index (χ2n) is 8.85. The van der Waals surface area contributed by atoms with Gasteiger partial charge in [0.1, 0.15) is 12.4 Å². The Hall–Kier alpha value is -2.68. The molecule has 2 heterocycles. The number of thiophene rings is 1. The van der Waals surface area contributed by atoms with E-state index in [1.165, 1.54) is 21.2 Å². The molecule has 0 atom stereocenters. The summed E-state index contributed by atoms with van der Waals surface area (Å²) in [6.07, 6.45) is 0. The number of piperazine rings is 1. The van der Waals surface area contributed by atoms with Crippen molar-refractivity contribution in [3.63, 3.8) is 0 Å². The fourth-order valence-electron chi connectivity index (χ4n) is 4.26. The fraction of sp³-hybridized carbons (Fsp3) is 0.346. The summed E-state index contributed by atoms with van der Waals surface area (Å²) in [4.78, 5) is 15.7. The molecule has 0 saturated carbocycles. The molecule has 4 rings (SSSR count). The number of amides is 1. The van der Waals surface area contributed by atoms with Crippen LogP contribution in [0.4, 0.5) is 0 Å². The zero-order valence-electron chi connectivity index (χ0n) is 20.0. The van der Waals surface area contributed by atoms with Gasteiger partial charge in [0.05, 0.1) is 9.77 Å². The Morgan fingerprint density at radius 2 is 1.53 bits per heavy atom. The first kappa shape index (κ1) is 24.4. The van der Waals surface area contributed by atoms with E-state index >= 15 is 0 Å². The number of hydrogen-bond acceptors (Lipinski definition) is 5. The monoisotopic (exact) mass is 498 g/mol. The summed E-state index contributed by atoms with van der Waals surface area (Å²) < 4.78 is 33.3. The van der Waals surface area contributed by atoms with Crippen molar-refractivity contribution in [1.29, 1.82) is 0 Å². The molecule has 2 aromatic carbocycles. The first-order valence-electron chi connectivity index (χ1n) is 11.3. The van der Waals surface area contributed by atoms with Crippen molar-refractivity contribution in [2.24, 2.45) is 0 Å². The van der Waals surface area contributed by atoms with Gasteiger partial charge >= 0.3 is 0 Å². The minimum Gasteiger partial charge on any atom is -0.488 e. The Labute approximate surface area is 205 Å². The van der Waals surface area contributed by atoms with E-state index in [0.717, 1.165) is 28.0 Å². The highest BCUT2D eigenvalue weighted by Gasteiger charge is 2.30. The lowest BCUT2D eigenvalue weighted by Gasteiger charge is -2.33.